The number of halogens is 2. The van der Waals surface area contributed by atoms with Crippen molar-refractivity contribution >= 4 is 17.5 Å². The molecule has 0 bridgehead atoms. The number of amides is 1. The predicted molar refractivity (Wildman–Crippen MR) is 118 cm³/mol. The Kier molecular flexibility index (Phi) is 5.25. The third-order valence-corrected chi connectivity index (χ3v) is 5.38. The average molecular weight is 450 g/mol. The van der Waals surface area contributed by atoms with Crippen molar-refractivity contribution < 1.29 is 18.7 Å². The second kappa shape index (κ2) is 8.36. The zero-order valence-electron chi connectivity index (χ0n) is 16.7. The molecular formula is C24H17ClFN3O3. The summed E-state index contributed by atoms with van der Waals surface area (Å²) in [6, 6.07) is 20.3. The van der Waals surface area contributed by atoms with E-state index in [4.69, 9.17) is 21.1 Å². The summed E-state index contributed by atoms with van der Waals surface area (Å²) in [6.07, 6.45) is 0. The number of ether oxygens (including phenoxy) is 2. The molecule has 1 aliphatic heterocycles. The van der Waals surface area contributed by atoms with Gasteiger partial charge >= 0.3 is 0 Å². The van der Waals surface area contributed by atoms with Crippen LogP contribution in [0.4, 0.5) is 4.39 Å². The van der Waals surface area contributed by atoms with Gasteiger partial charge in [-0.05, 0) is 48.0 Å². The van der Waals surface area contributed by atoms with Gasteiger partial charge < -0.3 is 14.8 Å². The molecule has 6 nitrogen and oxygen atoms in total. The fourth-order valence-electron chi connectivity index (χ4n) is 3.47. The number of carbonyl (C=O) groups is 1. The first kappa shape index (κ1) is 20.1. The first-order chi connectivity index (χ1) is 15.6. The topological polar surface area (TPSA) is 65.4 Å². The van der Waals surface area contributed by atoms with Gasteiger partial charge in [-0.2, -0.15) is 5.10 Å². The number of aromatic nitrogens is 2. The smallest absolute Gasteiger partial charge is 0.270 e. The average Bonchev–Trinajstić information content (AvgIpc) is 3.45. The van der Waals surface area contributed by atoms with Crippen LogP contribution in [0.3, 0.4) is 0 Å². The van der Waals surface area contributed by atoms with Gasteiger partial charge in [-0.25, -0.2) is 9.07 Å². The van der Waals surface area contributed by atoms with Crippen molar-refractivity contribution in [3.05, 3.63) is 94.9 Å². The van der Waals surface area contributed by atoms with Gasteiger partial charge in [0.05, 0.1) is 16.4 Å². The number of hydrogen-bond acceptors (Lipinski definition) is 4. The molecule has 1 N–H and O–H groups in total. The fourth-order valence-corrected chi connectivity index (χ4v) is 3.69. The maximum atomic E-state index is 14.4. The van der Waals surface area contributed by atoms with Crippen molar-refractivity contribution in [1.82, 2.24) is 15.1 Å². The molecule has 1 amide bonds. The second-order valence-electron chi connectivity index (χ2n) is 7.13. The van der Waals surface area contributed by atoms with Gasteiger partial charge in [0.1, 0.15) is 11.5 Å². The van der Waals surface area contributed by atoms with Crippen LogP contribution in [-0.2, 0) is 6.54 Å². The highest BCUT2D eigenvalue weighted by Crippen LogP contribution is 2.32. The van der Waals surface area contributed by atoms with E-state index in [1.54, 1.807) is 54.6 Å². The minimum Gasteiger partial charge on any atom is -0.454 e. The molecule has 0 atom stereocenters. The molecular weight excluding hydrogens is 433 g/mol. The molecule has 4 aromatic rings. The summed E-state index contributed by atoms with van der Waals surface area (Å²) in [5, 5.41) is 7.79. The first-order valence-corrected chi connectivity index (χ1v) is 10.2. The minimum absolute atomic E-state index is 0.182. The molecule has 5 rings (SSSR count). The lowest BCUT2D eigenvalue weighted by molar-refractivity contribution is 0.0943. The van der Waals surface area contributed by atoms with Crippen molar-refractivity contribution in [2.24, 2.45) is 0 Å². The Balaban J connectivity index is 1.48. The van der Waals surface area contributed by atoms with Gasteiger partial charge in [-0.15, -0.1) is 0 Å². The summed E-state index contributed by atoms with van der Waals surface area (Å²) in [6.45, 7) is 0.444. The van der Waals surface area contributed by atoms with E-state index >= 15 is 0 Å². The molecule has 1 aliphatic rings. The van der Waals surface area contributed by atoms with E-state index in [9.17, 15) is 9.18 Å². The van der Waals surface area contributed by atoms with Crippen LogP contribution in [0, 0.1) is 5.82 Å². The quantitative estimate of drug-likeness (QED) is 0.466. The maximum absolute atomic E-state index is 14.4. The second-order valence-corrected chi connectivity index (χ2v) is 7.54. The van der Waals surface area contributed by atoms with E-state index in [1.807, 2.05) is 12.1 Å². The molecule has 0 spiro atoms. The molecule has 2 heterocycles. The summed E-state index contributed by atoms with van der Waals surface area (Å²) < 4.78 is 26.5. The standard InChI is InChI=1S/C24H17ClFN3O3/c25-17-6-2-4-8-20(17)29-21(12-19(28-29)16-5-1-3-7-18(16)26)24(30)27-13-15-9-10-22-23(11-15)32-14-31-22/h1-12H,13-14H2,(H,27,30). The molecule has 0 fully saturated rings. The number of benzene rings is 3. The summed E-state index contributed by atoms with van der Waals surface area (Å²) in [5.74, 6) is 0.507. The number of para-hydroxylation sites is 1. The lowest BCUT2D eigenvalue weighted by Gasteiger charge is -2.10. The number of nitrogens with zero attached hydrogens (tertiary/aromatic N) is 2. The number of carbonyl (C=O) groups excluding carboxylic acids is 1. The van der Waals surface area contributed by atoms with Gasteiger partial charge in [-0.1, -0.05) is 41.9 Å². The Morgan fingerprint density at radius 3 is 2.66 bits per heavy atom. The summed E-state index contributed by atoms with van der Waals surface area (Å²) in [5.41, 5.74) is 2.22. The lowest BCUT2D eigenvalue weighted by Crippen LogP contribution is -2.25. The van der Waals surface area contributed by atoms with Crippen LogP contribution in [0.15, 0.2) is 72.8 Å². The molecule has 8 heteroatoms. The van der Waals surface area contributed by atoms with Crippen molar-refractivity contribution in [3.8, 4) is 28.4 Å². The van der Waals surface area contributed by atoms with Gasteiger partial charge in [0.25, 0.3) is 5.91 Å². The predicted octanol–water partition coefficient (Wildman–Crippen LogP) is 4.99. The van der Waals surface area contributed by atoms with Gasteiger partial charge in [0.15, 0.2) is 11.5 Å². The molecule has 0 saturated carbocycles. The highest BCUT2D eigenvalue weighted by molar-refractivity contribution is 6.32. The van der Waals surface area contributed by atoms with Crippen LogP contribution in [-0.4, -0.2) is 22.5 Å². The van der Waals surface area contributed by atoms with Crippen LogP contribution < -0.4 is 14.8 Å². The summed E-state index contributed by atoms with van der Waals surface area (Å²) >= 11 is 6.36. The van der Waals surface area contributed by atoms with E-state index in [2.05, 4.69) is 10.4 Å². The molecule has 0 aliphatic carbocycles. The minimum atomic E-state index is -0.427. The number of fused-ring (bicyclic) bond motifs is 1. The molecule has 0 saturated heterocycles. The molecule has 0 unspecified atom stereocenters. The van der Waals surface area contributed by atoms with Gasteiger partial charge in [0, 0.05) is 12.1 Å². The van der Waals surface area contributed by atoms with Crippen LogP contribution in [0.1, 0.15) is 16.1 Å². The highest BCUT2D eigenvalue weighted by atomic mass is 35.5. The van der Waals surface area contributed by atoms with Crippen molar-refractivity contribution in [2.45, 2.75) is 6.54 Å². The monoisotopic (exact) mass is 449 g/mol. The van der Waals surface area contributed by atoms with Gasteiger partial charge in [0.2, 0.25) is 6.79 Å². The van der Waals surface area contributed by atoms with Crippen molar-refractivity contribution in [3.63, 3.8) is 0 Å². The van der Waals surface area contributed by atoms with Crippen molar-refractivity contribution in [1.29, 1.82) is 0 Å². The Bertz CT molecular complexity index is 1320. The first-order valence-electron chi connectivity index (χ1n) is 9.87. The van der Waals surface area contributed by atoms with E-state index in [0.29, 0.717) is 33.5 Å². The lowest BCUT2D eigenvalue weighted by atomic mass is 10.1. The van der Waals surface area contributed by atoms with Crippen molar-refractivity contribution in [2.75, 3.05) is 6.79 Å². The Morgan fingerprint density at radius 2 is 1.81 bits per heavy atom. The number of rotatable bonds is 5. The van der Waals surface area contributed by atoms with E-state index < -0.39 is 5.82 Å². The molecule has 1 aromatic heterocycles. The zero-order chi connectivity index (χ0) is 22.1. The van der Waals surface area contributed by atoms with E-state index in [1.165, 1.54) is 10.7 Å². The van der Waals surface area contributed by atoms with Crippen LogP contribution in [0.25, 0.3) is 16.9 Å². The molecule has 32 heavy (non-hydrogen) atoms. The third-order valence-electron chi connectivity index (χ3n) is 5.06. The molecule has 3 aromatic carbocycles. The SMILES string of the molecule is O=C(NCc1ccc2c(c1)OCO2)c1cc(-c2ccccc2F)nn1-c1ccccc1Cl. The summed E-state index contributed by atoms with van der Waals surface area (Å²) in [7, 11) is 0. The Hall–Kier alpha value is -3.84. The number of hydrogen-bond donors (Lipinski definition) is 1. The van der Waals surface area contributed by atoms with E-state index in [0.717, 1.165) is 5.56 Å². The van der Waals surface area contributed by atoms with E-state index in [-0.39, 0.29) is 24.9 Å². The maximum Gasteiger partial charge on any atom is 0.270 e. The van der Waals surface area contributed by atoms with Gasteiger partial charge in [-0.3, -0.25) is 4.79 Å². The number of nitrogens with one attached hydrogen (secondary N) is 1. The van der Waals surface area contributed by atoms with Crippen LogP contribution in [0.2, 0.25) is 5.02 Å². The fraction of sp³-hybridized carbons (Fsp3) is 0.0833. The Morgan fingerprint density at radius 1 is 1.03 bits per heavy atom. The highest BCUT2D eigenvalue weighted by Gasteiger charge is 2.21. The normalized spacial score (nSPS) is 12.1. The summed E-state index contributed by atoms with van der Waals surface area (Å²) in [4.78, 5) is 13.1. The molecule has 0 radical (unpaired) electrons. The Labute approximate surface area is 188 Å². The largest absolute Gasteiger partial charge is 0.454 e. The third kappa shape index (κ3) is 3.78. The zero-order valence-corrected chi connectivity index (χ0v) is 17.5. The molecule has 160 valence electrons. The van der Waals surface area contributed by atoms with Crippen LogP contribution in [0.5, 0.6) is 11.5 Å². The van der Waals surface area contributed by atoms with Crippen LogP contribution >= 0.6 is 11.6 Å².